The number of fused-ring (bicyclic) bond motifs is 1. The first-order valence-electron chi connectivity index (χ1n) is 12.2. The summed E-state index contributed by atoms with van der Waals surface area (Å²) in [5.74, 6) is 0.837. The van der Waals surface area contributed by atoms with E-state index < -0.39 is 0 Å². The molecule has 2 aliphatic heterocycles. The van der Waals surface area contributed by atoms with Gasteiger partial charge in [-0.1, -0.05) is 19.4 Å². The molecule has 2 aromatic heterocycles. The van der Waals surface area contributed by atoms with Crippen molar-refractivity contribution in [3.63, 3.8) is 0 Å². The fraction of sp³-hybridized carbons (Fsp3) is 0.481. The van der Waals surface area contributed by atoms with Crippen LogP contribution in [0.1, 0.15) is 61.8 Å². The van der Waals surface area contributed by atoms with Gasteiger partial charge < -0.3 is 15.2 Å². The molecule has 5 rings (SSSR count). The predicted octanol–water partition coefficient (Wildman–Crippen LogP) is 4.95. The van der Waals surface area contributed by atoms with Gasteiger partial charge in [0.1, 0.15) is 0 Å². The Balaban J connectivity index is 1.35. The summed E-state index contributed by atoms with van der Waals surface area (Å²) in [6, 6.07) is 11.2. The number of benzene rings is 1. The number of aryl methyl sites for hydroxylation is 2. The first kappa shape index (κ1) is 21.2. The van der Waals surface area contributed by atoms with E-state index in [-0.39, 0.29) is 6.04 Å². The third kappa shape index (κ3) is 4.06. The second-order valence-corrected chi connectivity index (χ2v) is 9.43. The number of nitrogens with one attached hydrogen (secondary N) is 2. The fourth-order valence-electron chi connectivity index (χ4n) is 5.55. The molecule has 1 aromatic carbocycles. The summed E-state index contributed by atoms with van der Waals surface area (Å²) in [6.07, 6.45) is 8.31. The highest BCUT2D eigenvalue weighted by atomic mass is 16.2. The van der Waals surface area contributed by atoms with Crippen LogP contribution in [0, 0.1) is 6.92 Å². The van der Waals surface area contributed by atoms with E-state index in [9.17, 15) is 4.79 Å². The van der Waals surface area contributed by atoms with Gasteiger partial charge in [0.2, 0.25) is 5.91 Å². The van der Waals surface area contributed by atoms with Gasteiger partial charge in [0.25, 0.3) is 0 Å². The highest BCUT2D eigenvalue weighted by molar-refractivity contribution is 5.91. The molecule has 2 fully saturated rings. The first-order chi connectivity index (χ1) is 15.6. The second kappa shape index (κ2) is 9.07. The number of H-pyrrole nitrogens is 1. The Morgan fingerprint density at radius 3 is 2.69 bits per heavy atom. The quantitative estimate of drug-likeness (QED) is 0.616. The van der Waals surface area contributed by atoms with Crippen LogP contribution in [-0.2, 0) is 11.2 Å². The van der Waals surface area contributed by atoms with Crippen molar-refractivity contribution in [2.45, 2.75) is 64.3 Å². The second-order valence-electron chi connectivity index (χ2n) is 9.43. The van der Waals surface area contributed by atoms with E-state index >= 15 is 0 Å². The van der Waals surface area contributed by atoms with Crippen molar-refractivity contribution in [2.75, 3.05) is 19.6 Å². The maximum absolute atomic E-state index is 12.9. The van der Waals surface area contributed by atoms with Crippen LogP contribution in [0.3, 0.4) is 0 Å². The number of nitrogens with zero attached hydrogens (tertiary/aromatic N) is 2. The lowest BCUT2D eigenvalue weighted by molar-refractivity contribution is -0.135. The van der Waals surface area contributed by atoms with Crippen molar-refractivity contribution in [3.8, 4) is 11.3 Å². The van der Waals surface area contributed by atoms with E-state index in [1.54, 1.807) is 0 Å². The molecule has 2 saturated heterocycles. The maximum Gasteiger partial charge on any atom is 0.239 e. The van der Waals surface area contributed by atoms with Crippen LogP contribution in [-0.4, -0.2) is 46.5 Å². The van der Waals surface area contributed by atoms with Crippen LogP contribution < -0.4 is 5.32 Å². The summed E-state index contributed by atoms with van der Waals surface area (Å²) in [7, 11) is 0. The number of piperidine rings is 2. The SMILES string of the molecule is CCc1c(-c2ccnc(C)c2)[nH]c2ccc(C3CCN(C(=O)C4CCCCN4)CC3)cc12. The van der Waals surface area contributed by atoms with Crippen molar-refractivity contribution < 1.29 is 4.79 Å². The molecule has 32 heavy (non-hydrogen) atoms. The molecule has 0 aliphatic carbocycles. The molecule has 0 saturated carbocycles. The topological polar surface area (TPSA) is 61.0 Å². The summed E-state index contributed by atoms with van der Waals surface area (Å²) in [4.78, 5) is 23.0. The maximum atomic E-state index is 12.9. The van der Waals surface area contributed by atoms with Crippen LogP contribution in [0.5, 0.6) is 0 Å². The zero-order chi connectivity index (χ0) is 22.1. The van der Waals surface area contributed by atoms with Gasteiger partial charge in [0, 0.05) is 47.1 Å². The van der Waals surface area contributed by atoms with E-state index in [0.717, 1.165) is 57.4 Å². The van der Waals surface area contributed by atoms with Gasteiger partial charge in [0.05, 0.1) is 6.04 Å². The molecule has 2 aliphatic rings. The third-order valence-electron chi connectivity index (χ3n) is 7.36. The van der Waals surface area contributed by atoms with Crippen molar-refractivity contribution in [1.29, 1.82) is 0 Å². The Hall–Kier alpha value is -2.66. The molecule has 5 nitrogen and oxygen atoms in total. The number of pyridine rings is 1. The Morgan fingerprint density at radius 2 is 1.97 bits per heavy atom. The number of carbonyl (C=O) groups excluding carboxylic acids is 1. The molecule has 1 atom stereocenters. The van der Waals surface area contributed by atoms with Crippen LogP contribution in [0.25, 0.3) is 22.2 Å². The molecule has 0 spiro atoms. The Morgan fingerprint density at radius 1 is 1.12 bits per heavy atom. The van der Waals surface area contributed by atoms with E-state index in [1.807, 2.05) is 13.1 Å². The lowest BCUT2D eigenvalue weighted by Crippen LogP contribution is -2.50. The average Bonchev–Trinajstić information content (AvgIpc) is 3.22. The number of amides is 1. The monoisotopic (exact) mass is 430 g/mol. The van der Waals surface area contributed by atoms with Gasteiger partial charge in [0.15, 0.2) is 0 Å². The van der Waals surface area contributed by atoms with Gasteiger partial charge in [-0.05, 0) is 86.9 Å². The molecular weight excluding hydrogens is 396 g/mol. The lowest BCUT2D eigenvalue weighted by atomic mass is 9.88. The van der Waals surface area contributed by atoms with Crippen LogP contribution in [0.4, 0.5) is 0 Å². The first-order valence-corrected chi connectivity index (χ1v) is 12.2. The van der Waals surface area contributed by atoms with Gasteiger partial charge in [-0.2, -0.15) is 0 Å². The molecule has 1 amide bonds. The smallest absolute Gasteiger partial charge is 0.239 e. The normalized spacial score (nSPS) is 20.1. The molecule has 5 heteroatoms. The molecule has 1 unspecified atom stereocenters. The third-order valence-corrected chi connectivity index (χ3v) is 7.36. The number of hydrogen-bond donors (Lipinski definition) is 2. The standard InChI is InChI=1S/C27H34N4O/c1-3-22-23-17-20(7-8-24(23)30-26(22)21-9-13-28-18(2)16-21)19-10-14-31(15-11-19)27(32)25-6-4-5-12-29-25/h7-9,13,16-17,19,25,29-30H,3-6,10-12,14-15H2,1-2H3. The molecule has 168 valence electrons. The highest BCUT2D eigenvalue weighted by Crippen LogP contribution is 2.35. The van der Waals surface area contributed by atoms with Crippen molar-refractivity contribution in [3.05, 3.63) is 53.3 Å². The summed E-state index contributed by atoms with van der Waals surface area (Å²) >= 11 is 0. The van der Waals surface area contributed by atoms with Gasteiger partial charge >= 0.3 is 0 Å². The number of aromatic amines is 1. The predicted molar refractivity (Wildman–Crippen MR) is 130 cm³/mol. The number of rotatable bonds is 4. The Bertz CT molecular complexity index is 1100. The minimum Gasteiger partial charge on any atom is -0.354 e. The molecule has 0 bridgehead atoms. The minimum absolute atomic E-state index is 0.0406. The summed E-state index contributed by atoms with van der Waals surface area (Å²) in [6.45, 7) is 6.99. The van der Waals surface area contributed by atoms with Gasteiger partial charge in [-0.25, -0.2) is 0 Å². The largest absolute Gasteiger partial charge is 0.354 e. The molecule has 2 N–H and O–H groups in total. The highest BCUT2D eigenvalue weighted by Gasteiger charge is 2.29. The van der Waals surface area contributed by atoms with E-state index in [2.05, 4.69) is 57.4 Å². The number of carbonyl (C=O) groups is 1. The van der Waals surface area contributed by atoms with Crippen molar-refractivity contribution in [2.24, 2.45) is 0 Å². The zero-order valence-electron chi connectivity index (χ0n) is 19.3. The summed E-state index contributed by atoms with van der Waals surface area (Å²) < 4.78 is 0. The average molecular weight is 431 g/mol. The van der Waals surface area contributed by atoms with Crippen LogP contribution in [0.2, 0.25) is 0 Å². The Kier molecular flexibility index (Phi) is 6.01. The van der Waals surface area contributed by atoms with Gasteiger partial charge in [-0.3, -0.25) is 9.78 Å². The van der Waals surface area contributed by atoms with E-state index in [0.29, 0.717) is 11.8 Å². The summed E-state index contributed by atoms with van der Waals surface area (Å²) in [5, 5.41) is 4.75. The fourth-order valence-corrected chi connectivity index (χ4v) is 5.55. The summed E-state index contributed by atoms with van der Waals surface area (Å²) in [5.41, 5.74) is 7.44. The van der Waals surface area contributed by atoms with E-state index in [1.165, 1.54) is 39.7 Å². The number of likely N-dealkylation sites (tertiary alicyclic amines) is 1. The molecule has 3 aromatic rings. The molecule has 4 heterocycles. The van der Waals surface area contributed by atoms with E-state index in [4.69, 9.17) is 0 Å². The zero-order valence-corrected chi connectivity index (χ0v) is 19.3. The molecular formula is C27H34N4O. The number of hydrogen-bond acceptors (Lipinski definition) is 3. The van der Waals surface area contributed by atoms with Crippen molar-refractivity contribution in [1.82, 2.24) is 20.2 Å². The minimum atomic E-state index is 0.0406. The van der Waals surface area contributed by atoms with Crippen molar-refractivity contribution >= 4 is 16.8 Å². The lowest BCUT2D eigenvalue weighted by Gasteiger charge is -2.35. The van der Waals surface area contributed by atoms with Gasteiger partial charge in [-0.15, -0.1) is 0 Å². The molecule has 0 radical (unpaired) electrons. The van der Waals surface area contributed by atoms with Crippen LogP contribution >= 0.6 is 0 Å². The number of aromatic nitrogens is 2. The van der Waals surface area contributed by atoms with Crippen LogP contribution in [0.15, 0.2) is 36.5 Å². The Labute approximate surface area is 190 Å².